The van der Waals surface area contributed by atoms with Gasteiger partial charge in [-0.1, -0.05) is 0 Å². The summed E-state index contributed by atoms with van der Waals surface area (Å²) >= 11 is 0. The Balaban J connectivity index is 2.64. The molecule has 10 heteroatoms. The standard InChI is InChI=1S/C15H17NO8S/c1-8(17)23-14-12(18)13(24-15(14)16-25(4,19)20)10-6-5-9(21-2)7-11(10)22-3/h5-7,16,18H,1-4H3. The third kappa shape index (κ3) is 4.15. The Hall–Kier alpha value is -2.88. The van der Waals surface area contributed by atoms with Crippen LogP contribution in [-0.2, 0) is 14.8 Å². The summed E-state index contributed by atoms with van der Waals surface area (Å²) in [5, 5.41) is 10.4. The Morgan fingerprint density at radius 3 is 2.44 bits per heavy atom. The van der Waals surface area contributed by atoms with Gasteiger partial charge in [0.05, 0.1) is 26.0 Å². The monoisotopic (exact) mass is 371 g/mol. The van der Waals surface area contributed by atoms with Crippen LogP contribution >= 0.6 is 0 Å². The Morgan fingerprint density at radius 2 is 1.92 bits per heavy atom. The van der Waals surface area contributed by atoms with Crippen LogP contribution in [0.15, 0.2) is 22.6 Å². The predicted octanol–water partition coefficient (Wildman–Crippen LogP) is 1.97. The molecule has 0 amide bonds. The number of methoxy groups -OCH3 is 2. The van der Waals surface area contributed by atoms with Crippen LogP contribution in [0.4, 0.5) is 5.88 Å². The maximum atomic E-state index is 11.5. The molecule has 0 fully saturated rings. The second-order valence-corrected chi connectivity index (χ2v) is 6.72. The number of rotatable bonds is 6. The van der Waals surface area contributed by atoms with E-state index in [9.17, 15) is 18.3 Å². The van der Waals surface area contributed by atoms with E-state index < -0.39 is 33.4 Å². The van der Waals surface area contributed by atoms with Gasteiger partial charge >= 0.3 is 5.97 Å². The van der Waals surface area contributed by atoms with Gasteiger partial charge in [0.2, 0.25) is 21.5 Å². The van der Waals surface area contributed by atoms with E-state index in [0.29, 0.717) is 17.1 Å². The number of aromatic hydroxyl groups is 1. The maximum Gasteiger partial charge on any atom is 0.308 e. The number of sulfonamides is 1. The minimum atomic E-state index is -3.74. The van der Waals surface area contributed by atoms with E-state index in [1.807, 2.05) is 4.72 Å². The summed E-state index contributed by atoms with van der Waals surface area (Å²) in [6, 6.07) is 4.68. The van der Waals surface area contributed by atoms with Crippen molar-refractivity contribution in [2.45, 2.75) is 6.92 Å². The molecule has 2 N–H and O–H groups in total. The molecule has 2 aromatic rings. The molecule has 0 unspecified atom stereocenters. The zero-order valence-electron chi connectivity index (χ0n) is 13.9. The topological polar surface area (TPSA) is 124 Å². The second-order valence-electron chi connectivity index (χ2n) is 4.97. The number of anilines is 1. The van der Waals surface area contributed by atoms with Gasteiger partial charge in [0.25, 0.3) is 5.88 Å². The van der Waals surface area contributed by atoms with Gasteiger partial charge in [-0.2, -0.15) is 0 Å². The Bertz CT molecular complexity index is 900. The van der Waals surface area contributed by atoms with Crippen LogP contribution in [0.5, 0.6) is 23.0 Å². The molecule has 0 aliphatic heterocycles. The number of furan rings is 1. The smallest absolute Gasteiger partial charge is 0.308 e. The zero-order chi connectivity index (χ0) is 18.8. The molecule has 0 spiro atoms. The first-order valence-corrected chi connectivity index (χ1v) is 8.79. The van der Waals surface area contributed by atoms with Crippen LogP contribution in [0.2, 0.25) is 0 Å². The second kappa shape index (κ2) is 6.93. The van der Waals surface area contributed by atoms with Gasteiger partial charge in [-0.3, -0.25) is 9.52 Å². The number of carbonyl (C=O) groups is 1. The third-order valence-electron chi connectivity index (χ3n) is 3.02. The highest BCUT2D eigenvalue weighted by atomic mass is 32.2. The Kier molecular flexibility index (Phi) is 5.12. The van der Waals surface area contributed by atoms with Gasteiger partial charge in [0.15, 0.2) is 5.76 Å². The number of nitrogens with one attached hydrogen (secondary N) is 1. The maximum absolute atomic E-state index is 11.5. The minimum Gasteiger partial charge on any atom is -0.502 e. The van der Waals surface area contributed by atoms with Gasteiger partial charge in [0.1, 0.15) is 11.5 Å². The number of benzene rings is 1. The summed E-state index contributed by atoms with van der Waals surface area (Å²) in [6.07, 6.45) is 0.887. The lowest BCUT2D eigenvalue weighted by molar-refractivity contribution is -0.131. The van der Waals surface area contributed by atoms with Crippen LogP contribution in [0.1, 0.15) is 6.92 Å². The first-order chi connectivity index (χ1) is 11.7. The van der Waals surface area contributed by atoms with E-state index in [0.717, 1.165) is 13.2 Å². The molecule has 0 saturated carbocycles. The number of ether oxygens (including phenoxy) is 3. The fourth-order valence-corrected chi connectivity index (χ4v) is 2.52. The minimum absolute atomic E-state index is 0.137. The lowest BCUT2D eigenvalue weighted by atomic mass is 10.1. The molecular weight excluding hydrogens is 354 g/mol. The molecule has 25 heavy (non-hydrogen) atoms. The van der Waals surface area contributed by atoms with Gasteiger partial charge in [-0.25, -0.2) is 8.42 Å². The number of hydrogen-bond donors (Lipinski definition) is 2. The highest BCUT2D eigenvalue weighted by Crippen LogP contribution is 2.49. The lowest BCUT2D eigenvalue weighted by Gasteiger charge is -2.08. The molecule has 1 aromatic carbocycles. The van der Waals surface area contributed by atoms with E-state index >= 15 is 0 Å². The first-order valence-electron chi connectivity index (χ1n) is 6.90. The van der Waals surface area contributed by atoms with E-state index in [-0.39, 0.29) is 5.76 Å². The van der Waals surface area contributed by atoms with Gasteiger partial charge in [-0.05, 0) is 12.1 Å². The summed E-state index contributed by atoms with van der Waals surface area (Å²) in [5.74, 6) is -1.52. The average Bonchev–Trinajstić information content (AvgIpc) is 2.81. The van der Waals surface area contributed by atoms with E-state index in [1.165, 1.54) is 20.3 Å². The molecule has 0 radical (unpaired) electrons. The first kappa shape index (κ1) is 18.5. The van der Waals surface area contributed by atoms with Crippen molar-refractivity contribution in [3.05, 3.63) is 18.2 Å². The number of carbonyl (C=O) groups excluding carboxylic acids is 1. The summed E-state index contributed by atoms with van der Waals surface area (Å²) < 4.78 is 45.6. The van der Waals surface area contributed by atoms with Crippen molar-refractivity contribution in [2.75, 3.05) is 25.2 Å². The summed E-state index contributed by atoms with van der Waals surface area (Å²) in [6.45, 7) is 1.10. The van der Waals surface area contributed by atoms with Crippen molar-refractivity contribution < 1.29 is 36.9 Å². The van der Waals surface area contributed by atoms with Crippen LogP contribution in [-0.4, -0.2) is 40.0 Å². The largest absolute Gasteiger partial charge is 0.502 e. The molecule has 1 heterocycles. The zero-order valence-corrected chi connectivity index (χ0v) is 14.8. The van der Waals surface area contributed by atoms with E-state index in [4.69, 9.17) is 18.6 Å². The van der Waals surface area contributed by atoms with Gasteiger partial charge in [-0.15, -0.1) is 0 Å². The van der Waals surface area contributed by atoms with Crippen molar-refractivity contribution in [2.24, 2.45) is 0 Å². The molecular formula is C15H17NO8S. The molecule has 0 saturated heterocycles. The van der Waals surface area contributed by atoms with Crippen molar-refractivity contribution in [3.8, 4) is 34.3 Å². The van der Waals surface area contributed by atoms with Crippen molar-refractivity contribution in [1.29, 1.82) is 0 Å². The van der Waals surface area contributed by atoms with Crippen molar-refractivity contribution >= 4 is 21.9 Å². The van der Waals surface area contributed by atoms with Gasteiger partial charge < -0.3 is 23.7 Å². The molecule has 1 aromatic heterocycles. The lowest BCUT2D eigenvalue weighted by Crippen LogP contribution is -2.11. The highest BCUT2D eigenvalue weighted by molar-refractivity contribution is 7.92. The Morgan fingerprint density at radius 1 is 1.24 bits per heavy atom. The average molecular weight is 371 g/mol. The molecule has 9 nitrogen and oxygen atoms in total. The molecule has 0 aliphatic carbocycles. The quantitative estimate of drug-likeness (QED) is 0.739. The van der Waals surface area contributed by atoms with E-state index in [1.54, 1.807) is 12.1 Å². The van der Waals surface area contributed by atoms with Crippen LogP contribution in [0.3, 0.4) is 0 Å². The SMILES string of the molecule is COc1ccc(-c2oc(NS(C)(=O)=O)c(OC(C)=O)c2O)c(OC)c1. The normalized spacial score (nSPS) is 11.0. The van der Waals surface area contributed by atoms with Crippen LogP contribution < -0.4 is 18.9 Å². The summed E-state index contributed by atoms with van der Waals surface area (Å²) in [4.78, 5) is 11.2. The van der Waals surface area contributed by atoms with E-state index in [2.05, 4.69) is 0 Å². The fraction of sp³-hybridized carbons (Fsp3) is 0.267. The molecule has 136 valence electrons. The number of hydrogen-bond acceptors (Lipinski definition) is 8. The molecule has 0 atom stereocenters. The number of esters is 1. The van der Waals surface area contributed by atoms with Crippen molar-refractivity contribution in [3.63, 3.8) is 0 Å². The fourth-order valence-electron chi connectivity index (χ4n) is 2.05. The van der Waals surface area contributed by atoms with Gasteiger partial charge in [0, 0.05) is 13.0 Å². The van der Waals surface area contributed by atoms with Crippen molar-refractivity contribution in [1.82, 2.24) is 0 Å². The molecule has 2 rings (SSSR count). The molecule has 0 aliphatic rings. The predicted molar refractivity (Wildman–Crippen MR) is 88.7 cm³/mol. The summed E-state index contributed by atoms with van der Waals surface area (Å²) in [7, 11) is -0.863. The van der Waals surface area contributed by atoms with Crippen LogP contribution in [0.25, 0.3) is 11.3 Å². The Labute approximate surface area is 144 Å². The third-order valence-corrected chi connectivity index (χ3v) is 3.57. The molecule has 0 bridgehead atoms. The van der Waals surface area contributed by atoms with Crippen LogP contribution in [0, 0.1) is 0 Å². The highest BCUT2D eigenvalue weighted by Gasteiger charge is 2.27. The summed E-state index contributed by atoms with van der Waals surface area (Å²) in [5.41, 5.74) is 0.302.